The Kier molecular flexibility index (Phi) is 6.71. The van der Waals surface area contributed by atoms with Gasteiger partial charge in [0.2, 0.25) is 0 Å². The molecule has 30 heavy (non-hydrogen) atoms. The van der Waals surface area contributed by atoms with Crippen molar-refractivity contribution in [2.75, 3.05) is 32.2 Å². The molecule has 2 atom stereocenters. The number of aromatic nitrogens is 1. The summed E-state index contributed by atoms with van der Waals surface area (Å²) in [6.45, 7) is 4.08. The minimum atomic E-state index is -0.770. The van der Waals surface area contributed by atoms with Crippen LogP contribution in [-0.2, 0) is 30.4 Å². The minimum absolute atomic E-state index is 0.349. The molecule has 0 bridgehead atoms. The van der Waals surface area contributed by atoms with Gasteiger partial charge in [0.25, 0.3) is 0 Å². The average Bonchev–Trinajstić information content (AvgIpc) is 3.18. The highest BCUT2D eigenvalue weighted by atomic mass is 32.2. The third-order valence-corrected chi connectivity index (χ3v) is 7.18. The number of benzene rings is 2. The van der Waals surface area contributed by atoms with Gasteiger partial charge in [-0.15, -0.1) is 0 Å². The van der Waals surface area contributed by atoms with E-state index in [2.05, 4.69) is 59.4 Å². The van der Waals surface area contributed by atoms with Crippen LogP contribution in [0.1, 0.15) is 41.6 Å². The van der Waals surface area contributed by atoms with Crippen LogP contribution >= 0.6 is 0 Å². The molecule has 1 aliphatic heterocycles. The van der Waals surface area contributed by atoms with E-state index in [4.69, 9.17) is 4.74 Å². The molecule has 2 unspecified atom stereocenters. The summed E-state index contributed by atoms with van der Waals surface area (Å²) in [5.74, 6) is 1.74. The molecule has 160 valence electrons. The number of H-pyrrole nitrogens is 1. The Labute approximate surface area is 182 Å². The van der Waals surface area contributed by atoms with Crippen molar-refractivity contribution in [3.05, 3.63) is 64.8 Å². The number of hydrogen-bond donors (Lipinski definition) is 1. The first-order valence-electron chi connectivity index (χ1n) is 10.9. The van der Waals surface area contributed by atoms with E-state index in [0.717, 1.165) is 50.3 Å². The third-order valence-electron chi connectivity index (χ3n) is 6.42. The predicted octanol–water partition coefficient (Wildman–Crippen LogP) is 4.65. The van der Waals surface area contributed by atoms with Gasteiger partial charge < -0.3 is 14.3 Å². The Morgan fingerprint density at radius 3 is 2.83 bits per heavy atom. The Morgan fingerprint density at radius 1 is 1.23 bits per heavy atom. The molecule has 0 aliphatic carbocycles. The van der Waals surface area contributed by atoms with E-state index in [0.29, 0.717) is 6.04 Å². The zero-order chi connectivity index (χ0) is 21.1. The predicted molar refractivity (Wildman–Crippen MR) is 126 cm³/mol. The van der Waals surface area contributed by atoms with Crippen LogP contribution in [-0.4, -0.2) is 46.6 Å². The van der Waals surface area contributed by atoms with Crippen LogP contribution in [0.2, 0.25) is 0 Å². The largest absolute Gasteiger partial charge is 0.617 e. The molecule has 0 spiro atoms. The summed E-state index contributed by atoms with van der Waals surface area (Å²) in [6, 6.07) is 13.5. The van der Waals surface area contributed by atoms with Gasteiger partial charge in [0.05, 0.1) is 13.4 Å². The summed E-state index contributed by atoms with van der Waals surface area (Å²) in [5.41, 5.74) is 6.69. The Balaban J connectivity index is 1.63. The number of methoxy groups -OCH3 is 1. The molecular formula is C25H32N2O2S. The molecule has 1 aromatic heterocycles. The van der Waals surface area contributed by atoms with Crippen molar-refractivity contribution in [2.45, 2.75) is 38.6 Å². The lowest BCUT2D eigenvalue weighted by atomic mass is 9.87. The number of fused-ring (bicyclic) bond motifs is 2. The Hall–Kier alpha value is -1.95. The van der Waals surface area contributed by atoms with E-state index in [1.54, 1.807) is 13.4 Å². The van der Waals surface area contributed by atoms with Crippen LogP contribution in [0.4, 0.5) is 0 Å². The third kappa shape index (κ3) is 4.39. The average molecular weight is 425 g/mol. The minimum Gasteiger partial charge on any atom is -0.617 e. The Morgan fingerprint density at radius 2 is 2.07 bits per heavy atom. The van der Waals surface area contributed by atoms with Gasteiger partial charge in [0.1, 0.15) is 11.5 Å². The van der Waals surface area contributed by atoms with Crippen molar-refractivity contribution in [3.8, 4) is 5.75 Å². The van der Waals surface area contributed by atoms with Crippen LogP contribution in [0.15, 0.2) is 42.6 Å². The van der Waals surface area contributed by atoms with E-state index >= 15 is 0 Å². The molecule has 2 heterocycles. The summed E-state index contributed by atoms with van der Waals surface area (Å²) in [4.78, 5) is 5.96. The molecule has 1 N–H and O–H groups in total. The molecule has 4 nitrogen and oxygen atoms in total. The van der Waals surface area contributed by atoms with Crippen molar-refractivity contribution in [1.29, 1.82) is 0 Å². The first-order chi connectivity index (χ1) is 14.6. The number of aromatic amines is 1. The van der Waals surface area contributed by atoms with Crippen molar-refractivity contribution in [1.82, 2.24) is 9.88 Å². The van der Waals surface area contributed by atoms with Crippen LogP contribution in [0, 0.1) is 0 Å². The van der Waals surface area contributed by atoms with Crippen molar-refractivity contribution in [2.24, 2.45) is 0 Å². The number of hydrogen-bond acceptors (Lipinski definition) is 3. The van der Waals surface area contributed by atoms with Gasteiger partial charge in [0.15, 0.2) is 0 Å². The lowest BCUT2D eigenvalue weighted by Crippen LogP contribution is -2.38. The molecule has 5 heteroatoms. The number of aryl methyl sites for hydroxylation is 2. The van der Waals surface area contributed by atoms with Gasteiger partial charge in [-0.3, -0.25) is 4.90 Å². The summed E-state index contributed by atoms with van der Waals surface area (Å²) in [7, 11) is 1.76. The maximum Gasteiger partial charge on any atom is 0.122 e. The second-order valence-electron chi connectivity index (χ2n) is 8.19. The highest BCUT2D eigenvalue weighted by Gasteiger charge is 2.29. The number of rotatable bonds is 8. The SMILES string of the molecule is CCc1cc2c(cc1OC)CCN(CC[S+](C)[O-])C2CCc1c[nH]c2ccccc12. The highest BCUT2D eigenvalue weighted by Crippen LogP contribution is 2.37. The van der Waals surface area contributed by atoms with Gasteiger partial charge in [-0.1, -0.05) is 42.4 Å². The van der Waals surface area contributed by atoms with Gasteiger partial charge in [-0.25, -0.2) is 0 Å². The van der Waals surface area contributed by atoms with Crippen LogP contribution in [0.5, 0.6) is 5.75 Å². The lowest BCUT2D eigenvalue weighted by Gasteiger charge is -2.38. The molecule has 0 fully saturated rings. The fourth-order valence-electron chi connectivity index (χ4n) is 4.78. The molecular weight excluding hydrogens is 392 g/mol. The maximum atomic E-state index is 11.8. The van der Waals surface area contributed by atoms with Crippen LogP contribution < -0.4 is 4.74 Å². The molecule has 0 saturated carbocycles. The van der Waals surface area contributed by atoms with Crippen molar-refractivity contribution in [3.63, 3.8) is 0 Å². The monoisotopic (exact) mass is 424 g/mol. The molecule has 2 aromatic carbocycles. The standard InChI is InChI=1S/C25H32N2O2S/c1-4-18-15-22-19(16-25(18)29-2)11-12-27(13-14-30(3)28)24(22)10-9-20-17-26-23-8-6-5-7-21(20)23/h5-8,15-17,24,26H,4,9-14H2,1-3H3. The summed E-state index contributed by atoms with van der Waals surface area (Å²) >= 11 is -0.770. The number of nitrogens with one attached hydrogen (secondary N) is 1. The second-order valence-corrected chi connectivity index (χ2v) is 9.75. The summed E-state index contributed by atoms with van der Waals surface area (Å²) in [6.07, 6.45) is 8.03. The van der Waals surface area contributed by atoms with E-state index in [-0.39, 0.29) is 0 Å². The molecule has 0 radical (unpaired) electrons. The molecule has 4 rings (SSSR count). The second kappa shape index (κ2) is 9.46. The normalized spacial score (nSPS) is 17.8. The van der Waals surface area contributed by atoms with Gasteiger partial charge in [-0.2, -0.15) is 0 Å². The number of nitrogens with zero attached hydrogens (tertiary/aromatic N) is 1. The van der Waals surface area contributed by atoms with Crippen LogP contribution in [0.3, 0.4) is 0 Å². The zero-order valence-corrected chi connectivity index (χ0v) is 19.1. The molecule has 3 aromatic rings. The zero-order valence-electron chi connectivity index (χ0n) is 18.2. The summed E-state index contributed by atoms with van der Waals surface area (Å²) < 4.78 is 17.4. The maximum absolute atomic E-state index is 11.8. The van der Waals surface area contributed by atoms with Gasteiger partial charge in [-0.05, 0) is 60.1 Å². The van der Waals surface area contributed by atoms with E-state index in [1.807, 2.05) is 0 Å². The molecule has 0 saturated heterocycles. The topological polar surface area (TPSA) is 51.3 Å². The fraction of sp³-hybridized carbons (Fsp3) is 0.440. The Bertz CT molecular complexity index is 998. The quantitative estimate of drug-likeness (QED) is 0.536. The fourth-order valence-corrected chi connectivity index (χ4v) is 5.27. The van der Waals surface area contributed by atoms with E-state index in [9.17, 15) is 4.55 Å². The number of para-hydroxylation sites is 1. The van der Waals surface area contributed by atoms with E-state index < -0.39 is 11.2 Å². The van der Waals surface area contributed by atoms with Crippen molar-refractivity contribution < 1.29 is 9.29 Å². The van der Waals surface area contributed by atoms with Gasteiger partial charge >= 0.3 is 0 Å². The lowest BCUT2D eigenvalue weighted by molar-refractivity contribution is 0.186. The van der Waals surface area contributed by atoms with E-state index in [1.165, 1.54) is 33.2 Å². The first-order valence-corrected chi connectivity index (χ1v) is 12.6. The first kappa shape index (κ1) is 21.3. The van der Waals surface area contributed by atoms with Gasteiger partial charge in [0, 0.05) is 36.2 Å². The van der Waals surface area contributed by atoms with Crippen molar-refractivity contribution >= 4 is 22.1 Å². The summed E-state index contributed by atoms with van der Waals surface area (Å²) in [5, 5.41) is 1.32. The van der Waals surface area contributed by atoms with Crippen LogP contribution in [0.25, 0.3) is 10.9 Å². The molecule has 1 aliphatic rings. The highest BCUT2D eigenvalue weighted by molar-refractivity contribution is 7.90. The molecule has 0 amide bonds. The smallest absolute Gasteiger partial charge is 0.122 e. The number of ether oxygens (including phenoxy) is 1.